The summed E-state index contributed by atoms with van der Waals surface area (Å²) in [6.07, 6.45) is 7.58. The predicted octanol–water partition coefficient (Wildman–Crippen LogP) is 1.51. The summed E-state index contributed by atoms with van der Waals surface area (Å²) >= 11 is 0. The lowest BCUT2D eigenvalue weighted by Gasteiger charge is -2.36. The highest BCUT2D eigenvalue weighted by Gasteiger charge is 2.38. The van der Waals surface area contributed by atoms with Gasteiger partial charge >= 0.3 is 0 Å². The quantitative estimate of drug-likeness (QED) is 0.917. The van der Waals surface area contributed by atoms with Crippen molar-refractivity contribution >= 4 is 5.91 Å². The van der Waals surface area contributed by atoms with E-state index in [0.717, 1.165) is 0 Å². The average molecular weight is 273 g/mol. The van der Waals surface area contributed by atoms with Crippen LogP contribution < -0.4 is 5.32 Å². The molecule has 0 spiro atoms. The number of carbonyl (C=O) groups is 1. The third-order valence-corrected chi connectivity index (χ3v) is 3.48. The predicted molar refractivity (Wildman–Crippen MR) is 69.9 cm³/mol. The van der Waals surface area contributed by atoms with Crippen LogP contribution in [0.2, 0.25) is 0 Å². The Morgan fingerprint density at radius 2 is 2.00 bits per heavy atom. The summed E-state index contributed by atoms with van der Waals surface area (Å²) in [5, 5.41) is 3.05. The Bertz CT molecular complexity index is 563. The molecule has 0 aromatic carbocycles. The molecule has 1 amide bonds. The number of furan rings is 1. The molecule has 20 heavy (non-hydrogen) atoms. The molecule has 104 valence electrons. The van der Waals surface area contributed by atoms with Gasteiger partial charge in [0.2, 0.25) is 0 Å². The molecule has 1 aliphatic heterocycles. The summed E-state index contributed by atoms with van der Waals surface area (Å²) in [6, 6.07) is 3.39. The molecule has 1 fully saturated rings. The molecule has 1 N–H and O–H groups in total. The van der Waals surface area contributed by atoms with E-state index < -0.39 is 5.54 Å². The van der Waals surface area contributed by atoms with E-state index in [0.29, 0.717) is 37.4 Å². The number of rotatable bonds is 3. The summed E-state index contributed by atoms with van der Waals surface area (Å²) in [6.45, 7) is 1.15. The molecule has 2 aromatic rings. The average Bonchev–Trinajstić information content (AvgIpc) is 3.03. The van der Waals surface area contributed by atoms with Gasteiger partial charge in [0, 0.05) is 38.4 Å². The maximum Gasteiger partial charge on any atom is 0.255 e. The van der Waals surface area contributed by atoms with Crippen molar-refractivity contribution in [1.29, 1.82) is 0 Å². The minimum absolute atomic E-state index is 0.187. The van der Waals surface area contributed by atoms with Crippen LogP contribution in [0.5, 0.6) is 0 Å². The van der Waals surface area contributed by atoms with Gasteiger partial charge in [-0.15, -0.1) is 0 Å². The number of nitrogens with zero attached hydrogens (tertiary/aromatic N) is 2. The van der Waals surface area contributed by atoms with E-state index in [-0.39, 0.29) is 5.91 Å². The van der Waals surface area contributed by atoms with Crippen molar-refractivity contribution in [3.8, 4) is 0 Å². The van der Waals surface area contributed by atoms with Crippen LogP contribution in [-0.2, 0) is 10.3 Å². The topological polar surface area (TPSA) is 77.2 Å². The lowest BCUT2D eigenvalue weighted by molar-refractivity contribution is 0.0313. The van der Waals surface area contributed by atoms with Gasteiger partial charge in [0.1, 0.15) is 11.8 Å². The van der Waals surface area contributed by atoms with Crippen LogP contribution in [0.3, 0.4) is 0 Å². The maximum absolute atomic E-state index is 12.3. The molecule has 2 aromatic heterocycles. The van der Waals surface area contributed by atoms with Gasteiger partial charge in [0.15, 0.2) is 5.82 Å². The smallest absolute Gasteiger partial charge is 0.255 e. The van der Waals surface area contributed by atoms with Crippen molar-refractivity contribution in [2.45, 2.75) is 18.4 Å². The van der Waals surface area contributed by atoms with E-state index in [2.05, 4.69) is 15.3 Å². The first-order valence-electron chi connectivity index (χ1n) is 6.50. The zero-order valence-electron chi connectivity index (χ0n) is 10.9. The number of ether oxygens (including phenoxy) is 1. The van der Waals surface area contributed by atoms with Crippen molar-refractivity contribution < 1.29 is 13.9 Å². The SMILES string of the molecule is O=C(NC1(c2ncccn2)CCOCC1)c1ccoc1. The van der Waals surface area contributed by atoms with Crippen LogP contribution in [0.1, 0.15) is 29.0 Å². The normalized spacial score (nSPS) is 17.6. The third kappa shape index (κ3) is 2.42. The molecular weight excluding hydrogens is 258 g/mol. The van der Waals surface area contributed by atoms with Gasteiger partial charge < -0.3 is 14.5 Å². The highest BCUT2D eigenvalue weighted by molar-refractivity contribution is 5.94. The molecule has 1 aliphatic rings. The van der Waals surface area contributed by atoms with Crippen molar-refractivity contribution in [1.82, 2.24) is 15.3 Å². The fraction of sp³-hybridized carbons (Fsp3) is 0.357. The third-order valence-electron chi connectivity index (χ3n) is 3.48. The highest BCUT2D eigenvalue weighted by atomic mass is 16.5. The van der Waals surface area contributed by atoms with Gasteiger partial charge in [-0.1, -0.05) is 0 Å². The molecule has 3 rings (SSSR count). The van der Waals surface area contributed by atoms with Crippen molar-refractivity contribution in [3.05, 3.63) is 48.4 Å². The fourth-order valence-corrected chi connectivity index (χ4v) is 2.35. The molecule has 0 atom stereocenters. The van der Waals surface area contributed by atoms with Crippen molar-refractivity contribution in [3.63, 3.8) is 0 Å². The molecule has 0 bridgehead atoms. The van der Waals surface area contributed by atoms with E-state index in [1.54, 1.807) is 24.5 Å². The van der Waals surface area contributed by atoms with Crippen molar-refractivity contribution in [2.75, 3.05) is 13.2 Å². The number of carbonyl (C=O) groups excluding carboxylic acids is 1. The fourth-order valence-electron chi connectivity index (χ4n) is 2.35. The molecule has 0 unspecified atom stereocenters. The van der Waals surface area contributed by atoms with Crippen LogP contribution in [-0.4, -0.2) is 29.1 Å². The lowest BCUT2D eigenvalue weighted by atomic mass is 9.88. The maximum atomic E-state index is 12.3. The van der Waals surface area contributed by atoms with Crippen LogP contribution in [0.25, 0.3) is 0 Å². The number of nitrogens with one attached hydrogen (secondary N) is 1. The summed E-state index contributed by atoms with van der Waals surface area (Å²) in [7, 11) is 0. The van der Waals surface area contributed by atoms with Gasteiger partial charge in [0.25, 0.3) is 5.91 Å². The Hall–Kier alpha value is -2.21. The minimum Gasteiger partial charge on any atom is -0.472 e. The second-order valence-electron chi connectivity index (χ2n) is 4.73. The monoisotopic (exact) mass is 273 g/mol. The van der Waals surface area contributed by atoms with Crippen LogP contribution >= 0.6 is 0 Å². The first-order chi connectivity index (χ1) is 9.80. The second-order valence-corrected chi connectivity index (χ2v) is 4.73. The van der Waals surface area contributed by atoms with Crippen LogP contribution in [0, 0.1) is 0 Å². The molecule has 6 heteroatoms. The molecule has 0 aliphatic carbocycles. The lowest BCUT2D eigenvalue weighted by Crippen LogP contribution is -2.50. The number of aromatic nitrogens is 2. The van der Waals surface area contributed by atoms with Crippen molar-refractivity contribution in [2.24, 2.45) is 0 Å². The summed E-state index contributed by atoms with van der Waals surface area (Å²) in [5.41, 5.74) is -0.0831. The number of amides is 1. The van der Waals surface area contributed by atoms with Gasteiger partial charge in [0.05, 0.1) is 11.8 Å². The van der Waals surface area contributed by atoms with E-state index in [4.69, 9.17) is 9.15 Å². The first kappa shape index (κ1) is 12.8. The Kier molecular flexibility index (Phi) is 3.47. The van der Waals surface area contributed by atoms with Crippen LogP contribution in [0.15, 0.2) is 41.5 Å². The summed E-state index contributed by atoms with van der Waals surface area (Å²) in [5.74, 6) is 0.438. The van der Waals surface area contributed by atoms with Crippen LogP contribution in [0.4, 0.5) is 0 Å². The van der Waals surface area contributed by atoms with E-state index in [1.165, 1.54) is 12.5 Å². The molecule has 1 saturated heterocycles. The van der Waals surface area contributed by atoms with Gasteiger partial charge in [-0.2, -0.15) is 0 Å². The number of hydrogen-bond donors (Lipinski definition) is 1. The zero-order chi connectivity index (χ0) is 13.8. The largest absolute Gasteiger partial charge is 0.472 e. The number of hydrogen-bond acceptors (Lipinski definition) is 5. The van der Waals surface area contributed by atoms with E-state index >= 15 is 0 Å². The second kappa shape index (κ2) is 5.42. The molecule has 6 nitrogen and oxygen atoms in total. The Morgan fingerprint density at radius 3 is 2.65 bits per heavy atom. The minimum atomic E-state index is -0.576. The Labute approximate surface area is 116 Å². The van der Waals surface area contributed by atoms with E-state index in [1.807, 2.05) is 0 Å². The standard InChI is InChI=1S/C14H15N3O3/c18-12(11-2-7-20-10-11)17-14(3-8-19-9-4-14)13-15-5-1-6-16-13/h1-2,5-7,10H,3-4,8-9H2,(H,17,18). The Morgan fingerprint density at radius 1 is 1.25 bits per heavy atom. The van der Waals surface area contributed by atoms with E-state index in [9.17, 15) is 4.79 Å². The highest BCUT2D eigenvalue weighted by Crippen LogP contribution is 2.29. The van der Waals surface area contributed by atoms with Gasteiger partial charge in [-0.25, -0.2) is 9.97 Å². The zero-order valence-corrected chi connectivity index (χ0v) is 10.9. The Balaban J connectivity index is 1.88. The molecule has 3 heterocycles. The summed E-state index contributed by atoms with van der Waals surface area (Å²) in [4.78, 5) is 20.9. The van der Waals surface area contributed by atoms with Gasteiger partial charge in [-0.3, -0.25) is 4.79 Å². The molecule has 0 saturated carbocycles. The molecular formula is C14H15N3O3. The molecule has 0 radical (unpaired) electrons. The summed E-state index contributed by atoms with van der Waals surface area (Å²) < 4.78 is 10.3. The first-order valence-corrected chi connectivity index (χ1v) is 6.50. The van der Waals surface area contributed by atoms with Gasteiger partial charge in [-0.05, 0) is 12.1 Å².